The molecular formula is C26H32ClN3O9. The van der Waals surface area contributed by atoms with Gasteiger partial charge in [-0.3, -0.25) is 23.9 Å². The molecule has 3 heterocycles. The van der Waals surface area contributed by atoms with Crippen LogP contribution in [0.5, 0.6) is 0 Å². The van der Waals surface area contributed by atoms with Crippen molar-refractivity contribution in [1.82, 2.24) is 9.55 Å². The molecule has 1 aromatic heterocycles. The van der Waals surface area contributed by atoms with Gasteiger partial charge in [-0.05, 0) is 24.6 Å². The van der Waals surface area contributed by atoms with Gasteiger partial charge in [-0.15, -0.1) is 0 Å². The van der Waals surface area contributed by atoms with Gasteiger partial charge < -0.3 is 28.6 Å². The Labute approximate surface area is 229 Å². The third kappa shape index (κ3) is 6.52. The summed E-state index contributed by atoms with van der Waals surface area (Å²) in [6, 6.07) is 7.03. The Morgan fingerprint density at radius 1 is 1.13 bits per heavy atom. The molecule has 13 heteroatoms. The van der Waals surface area contributed by atoms with Crippen molar-refractivity contribution >= 4 is 29.2 Å². The van der Waals surface area contributed by atoms with E-state index >= 15 is 0 Å². The van der Waals surface area contributed by atoms with Crippen LogP contribution in [-0.2, 0) is 33.3 Å². The van der Waals surface area contributed by atoms with Crippen LogP contribution in [-0.4, -0.2) is 72.4 Å². The van der Waals surface area contributed by atoms with Crippen molar-refractivity contribution in [2.45, 2.75) is 63.9 Å². The Morgan fingerprint density at radius 2 is 1.85 bits per heavy atom. The molecule has 0 aliphatic carbocycles. The first-order valence-corrected chi connectivity index (χ1v) is 12.9. The first kappa shape index (κ1) is 28.8. The lowest BCUT2D eigenvalue weighted by Gasteiger charge is -2.44. The van der Waals surface area contributed by atoms with Gasteiger partial charge in [0.15, 0.2) is 18.1 Å². The third-order valence-corrected chi connectivity index (χ3v) is 7.16. The Hall–Kier alpha value is -3.19. The van der Waals surface area contributed by atoms with E-state index < -0.39 is 53.5 Å². The van der Waals surface area contributed by atoms with Gasteiger partial charge >= 0.3 is 17.6 Å². The van der Waals surface area contributed by atoms with E-state index in [1.807, 2.05) is 25.1 Å². The number of aromatic nitrogens is 2. The minimum absolute atomic E-state index is 0.249. The maximum Gasteiger partial charge on any atom is 0.330 e. The minimum atomic E-state index is -1.13. The van der Waals surface area contributed by atoms with Crippen molar-refractivity contribution in [3.05, 3.63) is 61.9 Å². The van der Waals surface area contributed by atoms with Gasteiger partial charge in [0.2, 0.25) is 0 Å². The first-order chi connectivity index (χ1) is 18.5. The molecule has 0 unspecified atom stereocenters. The lowest BCUT2D eigenvalue weighted by atomic mass is 10.0. The molecule has 212 valence electrons. The molecule has 2 aliphatic heterocycles. The number of carbonyl (C=O) groups is 2. The maximum absolute atomic E-state index is 12.7. The molecule has 2 saturated heterocycles. The lowest BCUT2D eigenvalue weighted by molar-refractivity contribution is -0.277. The van der Waals surface area contributed by atoms with E-state index in [9.17, 15) is 19.2 Å². The monoisotopic (exact) mass is 565 g/mol. The summed E-state index contributed by atoms with van der Waals surface area (Å²) in [5, 5.41) is 0.644. The molecule has 4 rings (SSSR count). The van der Waals surface area contributed by atoms with E-state index in [4.69, 9.17) is 35.3 Å². The topological polar surface area (TPSA) is 138 Å². The van der Waals surface area contributed by atoms with Crippen LogP contribution in [0.3, 0.4) is 0 Å². The van der Waals surface area contributed by atoms with E-state index in [2.05, 4.69) is 9.88 Å². The lowest BCUT2D eigenvalue weighted by Crippen LogP contribution is -2.53. The second-order valence-electron chi connectivity index (χ2n) is 9.60. The molecule has 39 heavy (non-hydrogen) atoms. The number of hydrogen-bond acceptors (Lipinski definition) is 10. The van der Waals surface area contributed by atoms with Crippen molar-refractivity contribution in [1.29, 1.82) is 0 Å². The molecule has 2 aliphatic rings. The molecule has 0 spiro atoms. The molecule has 4 atom stereocenters. The number of piperidine rings is 1. The van der Waals surface area contributed by atoms with Gasteiger partial charge in [0.1, 0.15) is 18.8 Å². The van der Waals surface area contributed by atoms with Crippen LogP contribution in [0.4, 0.5) is 5.69 Å². The Balaban J connectivity index is 1.64. The van der Waals surface area contributed by atoms with E-state index in [1.165, 1.54) is 27.2 Å². The number of halogens is 1. The average Bonchev–Trinajstić information content (AvgIpc) is 3.19. The summed E-state index contributed by atoms with van der Waals surface area (Å²) in [6.07, 6.45) is -2.09. The number of esters is 2. The Bertz CT molecular complexity index is 1320. The number of nitrogens with zero attached hydrogens (tertiary/aromatic N) is 2. The molecule has 12 nitrogen and oxygen atoms in total. The van der Waals surface area contributed by atoms with Crippen LogP contribution >= 0.6 is 11.6 Å². The normalized spacial score (nSPS) is 24.4. The van der Waals surface area contributed by atoms with E-state index in [-0.39, 0.29) is 6.61 Å². The van der Waals surface area contributed by atoms with Crippen molar-refractivity contribution < 1.29 is 33.3 Å². The summed E-state index contributed by atoms with van der Waals surface area (Å²) < 4.78 is 30.4. The number of hydrogen-bond donors (Lipinski definition) is 1. The second kappa shape index (κ2) is 11.9. The number of carbonyl (C=O) groups excluding carboxylic acids is 2. The SMILES string of the molecule is COC1(O[C@@H]2[C@H](OC(C)=O)[C@@H](COC(C)=O)O[C@H]2n2ccc(=O)[nH]c2=O)CCN(c2ccc(C)cc2Cl)CC1. The van der Waals surface area contributed by atoms with E-state index in [0.29, 0.717) is 31.0 Å². The van der Waals surface area contributed by atoms with Crippen LogP contribution in [0, 0.1) is 6.92 Å². The predicted octanol–water partition coefficient (Wildman–Crippen LogP) is 1.92. The van der Waals surface area contributed by atoms with Crippen molar-refractivity contribution in [3.63, 3.8) is 0 Å². The number of methoxy groups -OCH3 is 1. The number of ether oxygens (including phenoxy) is 5. The predicted molar refractivity (Wildman–Crippen MR) is 140 cm³/mol. The Morgan fingerprint density at radius 3 is 2.44 bits per heavy atom. The largest absolute Gasteiger partial charge is 0.463 e. The zero-order valence-electron chi connectivity index (χ0n) is 22.2. The van der Waals surface area contributed by atoms with Gasteiger partial charge in [0.25, 0.3) is 5.56 Å². The molecule has 0 amide bonds. The number of H-pyrrole nitrogens is 1. The quantitative estimate of drug-likeness (QED) is 0.373. The zero-order valence-corrected chi connectivity index (χ0v) is 22.9. The summed E-state index contributed by atoms with van der Waals surface area (Å²) in [4.78, 5) is 52.3. The molecule has 1 aromatic carbocycles. The highest BCUT2D eigenvalue weighted by Gasteiger charge is 2.53. The molecule has 0 radical (unpaired) electrons. The number of anilines is 1. The highest BCUT2D eigenvalue weighted by atomic mass is 35.5. The fraction of sp³-hybridized carbons (Fsp3) is 0.538. The highest BCUT2D eigenvalue weighted by Crippen LogP contribution is 2.40. The first-order valence-electron chi connectivity index (χ1n) is 12.5. The fourth-order valence-electron chi connectivity index (χ4n) is 4.93. The van der Waals surface area contributed by atoms with Crippen LogP contribution < -0.4 is 16.1 Å². The summed E-state index contributed by atoms with van der Waals surface area (Å²) in [6.45, 7) is 5.28. The Kier molecular flexibility index (Phi) is 8.80. The van der Waals surface area contributed by atoms with Crippen LogP contribution in [0.25, 0.3) is 0 Å². The molecule has 1 N–H and O–H groups in total. The minimum Gasteiger partial charge on any atom is -0.463 e. The van der Waals surface area contributed by atoms with Gasteiger partial charge in [-0.25, -0.2) is 4.79 Å². The standard InChI is InChI=1S/C26H32ClN3O9/c1-15-5-6-19(18(27)13-15)29-11-8-26(35-4,9-12-29)39-23-22(37-17(3)32)20(14-36-16(2)31)38-24(23)30-10-7-21(33)28-25(30)34/h5-7,10,13,20,22-24H,8-9,11-12,14H2,1-4H3,(H,28,33,34)/t20-,22-,23-,24-/m1/s1. The molecule has 0 saturated carbocycles. The van der Waals surface area contributed by atoms with Crippen LogP contribution in [0.2, 0.25) is 5.02 Å². The van der Waals surface area contributed by atoms with Crippen molar-refractivity contribution in [3.8, 4) is 0 Å². The summed E-state index contributed by atoms with van der Waals surface area (Å²) >= 11 is 6.49. The smallest absolute Gasteiger partial charge is 0.330 e. The van der Waals surface area contributed by atoms with E-state index in [0.717, 1.165) is 21.9 Å². The molecule has 2 fully saturated rings. The number of aryl methyl sites for hydroxylation is 1. The number of nitrogens with one attached hydrogen (secondary N) is 1. The molecular weight excluding hydrogens is 534 g/mol. The number of rotatable bonds is 8. The summed E-state index contributed by atoms with van der Waals surface area (Å²) in [5.41, 5.74) is 0.620. The summed E-state index contributed by atoms with van der Waals surface area (Å²) in [7, 11) is 1.52. The molecule has 0 bridgehead atoms. The number of aromatic amines is 1. The fourth-order valence-corrected chi connectivity index (χ4v) is 5.28. The van der Waals surface area contributed by atoms with Crippen molar-refractivity contribution in [2.75, 3.05) is 31.7 Å². The maximum atomic E-state index is 12.7. The van der Waals surface area contributed by atoms with Gasteiger partial charge in [-0.1, -0.05) is 17.7 Å². The zero-order chi connectivity index (χ0) is 28.3. The highest BCUT2D eigenvalue weighted by molar-refractivity contribution is 6.33. The third-order valence-electron chi connectivity index (χ3n) is 6.86. The average molecular weight is 566 g/mol. The van der Waals surface area contributed by atoms with Crippen LogP contribution in [0.15, 0.2) is 40.1 Å². The van der Waals surface area contributed by atoms with Crippen molar-refractivity contribution in [2.24, 2.45) is 0 Å². The van der Waals surface area contributed by atoms with Gasteiger partial charge in [-0.2, -0.15) is 0 Å². The van der Waals surface area contributed by atoms with Gasteiger partial charge in [0, 0.05) is 59.2 Å². The summed E-state index contributed by atoms with van der Waals surface area (Å²) in [5.74, 6) is -2.30. The van der Waals surface area contributed by atoms with Crippen LogP contribution in [0.1, 0.15) is 38.5 Å². The van der Waals surface area contributed by atoms with E-state index in [1.54, 1.807) is 0 Å². The molecule has 2 aromatic rings. The second-order valence-corrected chi connectivity index (χ2v) is 10.0. The van der Waals surface area contributed by atoms with Gasteiger partial charge in [0.05, 0.1) is 10.7 Å². The number of benzene rings is 1.